The fourth-order valence-electron chi connectivity index (χ4n) is 4.04. The second-order valence-electron chi connectivity index (χ2n) is 8.76. The molecule has 1 heterocycles. The van der Waals surface area contributed by atoms with Crippen LogP contribution in [0.5, 0.6) is 11.5 Å². The van der Waals surface area contributed by atoms with Crippen molar-refractivity contribution < 1.29 is 23.9 Å². The van der Waals surface area contributed by atoms with Crippen molar-refractivity contribution in [2.24, 2.45) is 0 Å². The van der Waals surface area contributed by atoms with E-state index in [1.807, 2.05) is 18.2 Å². The van der Waals surface area contributed by atoms with Gasteiger partial charge in [0.05, 0.1) is 20.8 Å². The minimum Gasteiger partial charge on any atom is -0.493 e. The van der Waals surface area contributed by atoms with Crippen LogP contribution in [0.2, 0.25) is 5.02 Å². The van der Waals surface area contributed by atoms with E-state index >= 15 is 0 Å². The Bertz CT molecular complexity index is 1410. The lowest BCUT2D eigenvalue weighted by atomic mass is 10.1. The minimum absolute atomic E-state index is 0.0487. The fraction of sp³-hybridized carbons (Fsp3) is 0.207. The predicted octanol–water partition coefficient (Wildman–Crippen LogP) is 4.44. The number of carbonyl (C=O) groups is 3. The summed E-state index contributed by atoms with van der Waals surface area (Å²) in [4.78, 5) is 39.1. The van der Waals surface area contributed by atoms with Gasteiger partial charge in [-0.1, -0.05) is 53.5 Å². The maximum Gasteiger partial charge on any atom is 0.278 e. The Hall–Kier alpha value is -4.01. The molecular formula is C29H27Cl2N3O5. The standard InChI is InChI=1S/C29H27Cl2N3O5/c1-38-23-12-7-18(15-24(23)39-2)13-14-32-27(35)21-8-3-19(4-9-21)16-33-26-25(31)28(36)34(29(26)37)17-20-5-10-22(30)11-6-20/h3-12,15,33H,13-14,16-17H2,1-2H3,(H,32,35). The first-order chi connectivity index (χ1) is 18.8. The van der Waals surface area contributed by atoms with Gasteiger partial charge in [-0.2, -0.15) is 0 Å². The van der Waals surface area contributed by atoms with Crippen LogP contribution in [0.15, 0.2) is 77.5 Å². The zero-order valence-corrected chi connectivity index (χ0v) is 22.9. The third-order valence-corrected chi connectivity index (χ3v) is 6.80. The van der Waals surface area contributed by atoms with Gasteiger partial charge >= 0.3 is 0 Å². The van der Waals surface area contributed by atoms with Gasteiger partial charge in [0.15, 0.2) is 11.5 Å². The average molecular weight is 568 g/mol. The van der Waals surface area contributed by atoms with E-state index < -0.39 is 11.8 Å². The van der Waals surface area contributed by atoms with E-state index in [1.54, 1.807) is 62.8 Å². The summed E-state index contributed by atoms with van der Waals surface area (Å²) in [7, 11) is 3.16. The number of hydrogen-bond donors (Lipinski definition) is 2. The lowest BCUT2D eigenvalue weighted by molar-refractivity contribution is -0.138. The highest BCUT2D eigenvalue weighted by Gasteiger charge is 2.37. The molecule has 4 rings (SSSR count). The first-order valence-corrected chi connectivity index (χ1v) is 12.9. The molecule has 0 fully saturated rings. The quantitative estimate of drug-likeness (QED) is 0.332. The predicted molar refractivity (Wildman–Crippen MR) is 149 cm³/mol. The number of imide groups is 1. The molecule has 0 unspecified atom stereocenters. The number of rotatable bonds is 11. The molecule has 8 nitrogen and oxygen atoms in total. The van der Waals surface area contributed by atoms with Crippen molar-refractivity contribution >= 4 is 40.9 Å². The van der Waals surface area contributed by atoms with Crippen LogP contribution in [0.4, 0.5) is 0 Å². The molecule has 2 N–H and O–H groups in total. The minimum atomic E-state index is -0.556. The summed E-state index contributed by atoms with van der Waals surface area (Å²) in [6.07, 6.45) is 0.631. The Morgan fingerprint density at radius 2 is 1.46 bits per heavy atom. The van der Waals surface area contributed by atoms with E-state index in [9.17, 15) is 14.4 Å². The zero-order chi connectivity index (χ0) is 27.9. The number of carbonyl (C=O) groups excluding carboxylic acids is 3. The zero-order valence-electron chi connectivity index (χ0n) is 21.4. The Balaban J connectivity index is 1.28. The van der Waals surface area contributed by atoms with Crippen molar-refractivity contribution in [2.75, 3.05) is 20.8 Å². The topological polar surface area (TPSA) is 97.0 Å². The van der Waals surface area contributed by atoms with Gasteiger partial charge in [0.2, 0.25) is 0 Å². The number of methoxy groups -OCH3 is 2. The highest BCUT2D eigenvalue weighted by molar-refractivity contribution is 6.47. The van der Waals surface area contributed by atoms with Crippen molar-refractivity contribution in [1.29, 1.82) is 0 Å². The van der Waals surface area contributed by atoms with Crippen LogP contribution in [0.3, 0.4) is 0 Å². The molecule has 1 aliphatic heterocycles. The average Bonchev–Trinajstić information content (AvgIpc) is 3.15. The summed E-state index contributed by atoms with van der Waals surface area (Å²) in [5.74, 6) is 0.0397. The molecule has 0 aromatic heterocycles. The Morgan fingerprint density at radius 3 is 2.13 bits per heavy atom. The van der Waals surface area contributed by atoms with Crippen molar-refractivity contribution in [3.63, 3.8) is 0 Å². The molecule has 0 spiro atoms. The third-order valence-electron chi connectivity index (χ3n) is 6.20. The molecular weight excluding hydrogens is 541 g/mol. The number of nitrogens with zero attached hydrogens (tertiary/aromatic N) is 1. The first kappa shape index (κ1) is 28.0. The maximum absolute atomic E-state index is 12.8. The van der Waals surface area contributed by atoms with Crippen LogP contribution >= 0.6 is 23.2 Å². The number of nitrogens with one attached hydrogen (secondary N) is 2. The van der Waals surface area contributed by atoms with Crippen molar-refractivity contribution in [3.8, 4) is 11.5 Å². The van der Waals surface area contributed by atoms with Crippen LogP contribution in [0.25, 0.3) is 0 Å². The molecule has 3 aromatic carbocycles. The molecule has 1 aliphatic rings. The molecule has 3 aromatic rings. The second-order valence-corrected chi connectivity index (χ2v) is 9.57. The second kappa shape index (κ2) is 12.7. The molecule has 0 bridgehead atoms. The van der Waals surface area contributed by atoms with Gasteiger partial charge < -0.3 is 20.1 Å². The first-order valence-electron chi connectivity index (χ1n) is 12.1. The Morgan fingerprint density at radius 1 is 0.821 bits per heavy atom. The van der Waals surface area contributed by atoms with Crippen molar-refractivity contribution in [3.05, 3.63) is 105 Å². The van der Waals surface area contributed by atoms with E-state index in [1.165, 1.54) is 0 Å². The number of hydrogen-bond acceptors (Lipinski definition) is 6. The summed E-state index contributed by atoms with van der Waals surface area (Å²) in [6, 6.07) is 19.5. The van der Waals surface area contributed by atoms with Crippen LogP contribution in [0, 0.1) is 0 Å². The molecule has 10 heteroatoms. The summed E-state index contributed by atoms with van der Waals surface area (Å²) >= 11 is 12.1. The van der Waals surface area contributed by atoms with E-state index in [0.29, 0.717) is 35.1 Å². The maximum atomic E-state index is 12.8. The molecule has 0 saturated heterocycles. The lowest BCUT2D eigenvalue weighted by Gasteiger charge is -2.15. The van der Waals surface area contributed by atoms with E-state index in [4.69, 9.17) is 32.7 Å². The van der Waals surface area contributed by atoms with Crippen LogP contribution in [-0.2, 0) is 29.1 Å². The van der Waals surface area contributed by atoms with Gasteiger partial charge in [-0.25, -0.2) is 0 Å². The molecule has 3 amide bonds. The van der Waals surface area contributed by atoms with Gasteiger partial charge in [-0.05, 0) is 59.5 Å². The van der Waals surface area contributed by atoms with E-state index in [2.05, 4.69) is 10.6 Å². The number of halogens is 2. The van der Waals surface area contributed by atoms with Crippen molar-refractivity contribution in [2.45, 2.75) is 19.5 Å². The highest BCUT2D eigenvalue weighted by Crippen LogP contribution is 2.28. The molecule has 202 valence electrons. The normalized spacial score (nSPS) is 13.1. The Kier molecular flexibility index (Phi) is 9.11. The number of ether oxygens (including phenoxy) is 2. The monoisotopic (exact) mass is 567 g/mol. The number of benzene rings is 3. The molecule has 0 aliphatic carbocycles. The molecule has 0 radical (unpaired) electrons. The van der Waals surface area contributed by atoms with Crippen LogP contribution in [-0.4, -0.2) is 43.4 Å². The van der Waals surface area contributed by atoms with Gasteiger partial charge in [0.25, 0.3) is 17.7 Å². The fourth-order valence-corrected chi connectivity index (χ4v) is 4.41. The van der Waals surface area contributed by atoms with Crippen molar-refractivity contribution in [1.82, 2.24) is 15.5 Å². The summed E-state index contributed by atoms with van der Waals surface area (Å²) in [5.41, 5.74) is 3.13. The largest absolute Gasteiger partial charge is 0.493 e. The van der Waals surface area contributed by atoms with Gasteiger partial charge in [-0.3, -0.25) is 19.3 Å². The van der Waals surface area contributed by atoms with Crippen LogP contribution in [0.1, 0.15) is 27.0 Å². The SMILES string of the molecule is COc1ccc(CCNC(=O)c2ccc(CNC3=C(Cl)C(=O)N(Cc4ccc(Cl)cc4)C3=O)cc2)cc1OC. The third kappa shape index (κ3) is 6.71. The summed E-state index contributed by atoms with van der Waals surface area (Å²) in [6.45, 7) is 0.791. The van der Waals surface area contributed by atoms with Gasteiger partial charge in [-0.15, -0.1) is 0 Å². The van der Waals surface area contributed by atoms with Crippen LogP contribution < -0.4 is 20.1 Å². The summed E-state index contributed by atoms with van der Waals surface area (Å²) < 4.78 is 10.6. The molecule has 0 saturated carbocycles. The summed E-state index contributed by atoms with van der Waals surface area (Å²) in [5, 5.41) is 6.28. The van der Waals surface area contributed by atoms with E-state index in [-0.39, 0.29) is 29.7 Å². The smallest absolute Gasteiger partial charge is 0.278 e. The lowest BCUT2D eigenvalue weighted by Crippen LogP contribution is -2.33. The highest BCUT2D eigenvalue weighted by atomic mass is 35.5. The van der Waals surface area contributed by atoms with Gasteiger partial charge in [0, 0.05) is 23.7 Å². The molecule has 39 heavy (non-hydrogen) atoms. The number of amides is 3. The molecule has 0 atom stereocenters. The van der Waals surface area contributed by atoms with E-state index in [0.717, 1.165) is 21.6 Å². The Labute approximate surface area is 236 Å². The van der Waals surface area contributed by atoms with Gasteiger partial charge in [0.1, 0.15) is 10.7 Å².